The summed E-state index contributed by atoms with van der Waals surface area (Å²) < 4.78 is 22.2. The Labute approximate surface area is 73.9 Å². The number of hydrogen-bond acceptors (Lipinski definition) is 2. The summed E-state index contributed by atoms with van der Waals surface area (Å²) in [6.45, 7) is 4.16. The van der Waals surface area contributed by atoms with Gasteiger partial charge in [-0.05, 0) is 17.9 Å². The first-order valence-electron chi connectivity index (χ1n) is 3.91. The topological polar surface area (TPSA) is 34.1 Å². The fourth-order valence-electron chi connectivity index (χ4n) is 1.08. The molecule has 2 nitrogen and oxygen atoms in total. The maximum atomic E-state index is 11.1. The van der Waals surface area contributed by atoms with Crippen molar-refractivity contribution in [1.29, 1.82) is 0 Å². The summed E-state index contributed by atoms with van der Waals surface area (Å²) in [7, 11) is -3.00. The van der Waals surface area contributed by atoms with Crippen LogP contribution in [0, 0.1) is 5.41 Å². The van der Waals surface area contributed by atoms with E-state index in [9.17, 15) is 8.42 Å². The molecule has 0 saturated carbocycles. The highest BCUT2D eigenvalue weighted by atomic mass is 32.2. The van der Waals surface area contributed by atoms with E-state index in [2.05, 4.69) is 13.8 Å². The summed E-state index contributed by atoms with van der Waals surface area (Å²) in [5.41, 5.74) is 0.105. The van der Waals surface area contributed by atoms with Crippen LogP contribution in [0.25, 0.3) is 0 Å². The van der Waals surface area contributed by atoms with Gasteiger partial charge in [-0.25, -0.2) is 8.42 Å². The highest BCUT2D eigenvalue weighted by Crippen LogP contribution is 2.29. The van der Waals surface area contributed by atoms with Crippen LogP contribution >= 0.6 is 0 Å². The SMILES string of the molecule is CC1(C)C=CC(S(C)(=O)=O)=CC1. The van der Waals surface area contributed by atoms with Crippen molar-refractivity contribution < 1.29 is 8.42 Å². The van der Waals surface area contributed by atoms with E-state index < -0.39 is 9.84 Å². The molecule has 1 aliphatic rings. The van der Waals surface area contributed by atoms with Gasteiger partial charge in [-0.1, -0.05) is 26.0 Å². The Morgan fingerprint density at radius 3 is 2.33 bits per heavy atom. The monoisotopic (exact) mass is 186 g/mol. The van der Waals surface area contributed by atoms with Gasteiger partial charge in [-0.15, -0.1) is 0 Å². The van der Waals surface area contributed by atoms with Crippen molar-refractivity contribution in [3.63, 3.8) is 0 Å². The van der Waals surface area contributed by atoms with Crippen LogP contribution in [0.3, 0.4) is 0 Å². The molecule has 0 saturated heterocycles. The molecule has 0 aliphatic heterocycles. The van der Waals surface area contributed by atoms with Gasteiger partial charge in [0.05, 0.1) is 4.91 Å². The van der Waals surface area contributed by atoms with Crippen molar-refractivity contribution in [2.24, 2.45) is 5.41 Å². The van der Waals surface area contributed by atoms with Crippen LogP contribution in [0.5, 0.6) is 0 Å². The third kappa shape index (κ3) is 2.21. The zero-order valence-electron chi connectivity index (χ0n) is 7.66. The van der Waals surface area contributed by atoms with Gasteiger partial charge in [-0.3, -0.25) is 0 Å². The summed E-state index contributed by atoms with van der Waals surface area (Å²) in [5, 5.41) is 0. The molecule has 0 aromatic heterocycles. The van der Waals surface area contributed by atoms with Crippen LogP contribution in [-0.4, -0.2) is 14.7 Å². The molecule has 0 spiro atoms. The van der Waals surface area contributed by atoms with E-state index in [1.807, 2.05) is 6.08 Å². The third-order valence-corrected chi connectivity index (χ3v) is 3.12. The molecule has 1 aliphatic carbocycles. The molecule has 0 atom stereocenters. The predicted octanol–water partition coefficient (Wildman–Crippen LogP) is 1.90. The van der Waals surface area contributed by atoms with Crippen LogP contribution < -0.4 is 0 Å². The van der Waals surface area contributed by atoms with E-state index >= 15 is 0 Å². The van der Waals surface area contributed by atoms with Crippen molar-refractivity contribution in [1.82, 2.24) is 0 Å². The first-order valence-corrected chi connectivity index (χ1v) is 5.80. The Balaban J connectivity index is 2.93. The van der Waals surface area contributed by atoms with E-state index in [-0.39, 0.29) is 5.41 Å². The average Bonchev–Trinajstić information content (AvgIpc) is 1.83. The number of sulfone groups is 1. The molecule has 0 aromatic carbocycles. The van der Waals surface area contributed by atoms with Gasteiger partial charge in [0.1, 0.15) is 0 Å². The lowest BCUT2D eigenvalue weighted by molar-refractivity contribution is 0.483. The lowest BCUT2D eigenvalue weighted by Crippen LogP contribution is -2.11. The molecule has 1 rings (SSSR count). The third-order valence-electron chi connectivity index (χ3n) is 1.96. The second kappa shape index (κ2) is 2.73. The Kier molecular flexibility index (Phi) is 2.17. The first kappa shape index (κ1) is 9.52. The summed E-state index contributed by atoms with van der Waals surface area (Å²) in [4.78, 5) is 0.446. The van der Waals surface area contributed by atoms with E-state index in [4.69, 9.17) is 0 Å². The second-order valence-corrected chi connectivity index (χ2v) is 5.92. The summed E-state index contributed by atoms with van der Waals surface area (Å²) in [6, 6.07) is 0. The minimum atomic E-state index is -3.00. The van der Waals surface area contributed by atoms with Crippen LogP contribution in [0.2, 0.25) is 0 Å². The van der Waals surface area contributed by atoms with Crippen LogP contribution in [0.15, 0.2) is 23.1 Å². The van der Waals surface area contributed by atoms with Crippen molar-refractivity contribution in [3.05, 3.63) is 23.1 Å². The highest BCUT2D eigenvalue weighted by Gasteiger charge is 2.19. The first-order chi connectivity index (χ1) is 5.31. The van der Waals surface area contributed by atoms with E-state index in [1.54, 1.807) is 12.2 Å². The van der Waals surface area contributed by atoms with Gasteiger partial charge in [0.2, 0.25) is 0 Å². The molecule has 0 N–H and O–H groups in total. The van der Waals surface area contributed by atoms with Crippen molar-refractivity contribution in [2.45, 2.75) is 20.3 Å². The molecule has 0 amide bonds. The number of hydrogen-bond donors (Lipinski definition) is 0. The molecule has 0 bridgehead atoms. The maximum absolute atomic E-state index is 11.1. The molecular formula is C9H14O2S. The van der Waals surface area contributed by atoms with Gasteiger partial charge in [0, 0.05) is 6.26 Å². The zero-order chi connectivity index (χ0) is 9.41. The Morgan fingerprint density at radius 1 is 1.42 bits per heavy atom. The minimum absolute atomic E-state index is 0.105. The fourth-order valence-corrected chi connectivity index (χ4v) is 1.78. The van der Waals surface area contributed by atoms with Gasteiger partial charge in [-0.2, -0.15) is 0 Å². The summed E-state index contributed by atoms with van der Waals surface area (Å²) >= 11 is 0. The standard InChI is InChI=1S/C9H14O2S/c1-9(2)6-4-8(5-7-9)12(3,10)11/h4-6H,7H2,1-3H3. The maximum Gasteiger partial charge on any atom is 0.175 e. The summed E-state index contributed by atoms with van der Waals surface area (Å²) in [5.74, 6) is 0. The van der Waals surface area contributed by atoms with Crippen LogP contribution in [0.4, 0.5) is 0 Å². The molecule has 0 radical (unpaired) electrons. The average molecular weight is 186 g/mol. The molecule has 68 valence electrons. The molecule has 0 heterocycles. The number of rotatable bonds is 1. The van der Waals surface area contributed by atoms with Gasteiger partial charge >= 0.3 is 0 Å². The quantitative estimate of drug-likeness (QED) is 0.626. The lowest BCUT2D eigenvalue weighted by atomic mass is 9.86. The van der Waals surface area contributed by atoms with Gasteiger partial charge in [0.15, 0.2) is 9.84 Å². The van der Waals surface area contributed by atoms with Gasteiger partial charge in [0.25, 0.3) is 0 Å². The molecule has 12 heavy (non-hydrogen) atoms. The Bertz CT molecular complexity index is 332. The van der Waals surface area contributed by atoms with Crippen molar-refractivity contribution in [2.75, 3.05) is 6.26 Å². The van der Waals surface area contributed by atoms with E-state index in [0.29, 0.717) is 4.91 Å². The second-order valence-electron chi connectivity index (χ2n) is 3.90. The predicted molar refractivity (Wildman–Crippen MR) is 50.5 cm³/mol. The van der Waals surface area contributed by atoms with Gasteiger partial charge < -0.3 is 0 Å². The number of allylic oxidation sites excluding steroid dienone is 3. The summed E-state index contributed by atoms with van der Waals surface area (Å²) in [6.07, 6.45) is 7.46. The Morgan fingerprint density at radius 2 is 2.00 bits per heavy atom. The molecule has 0 fully saturated rings. The molecule has 0 aromatic rings. The highest BCUT2D eigenvalue weighted by molar-refractivity contribution is 7.94. The largest absolute Gasteiger partial charge is 0.224 e. The van der Waals surface area contributed by atoms with Crippen molar-refractivity contribution in [3.8, 4) is 0 Å². The van der Waals surface area contributed by atoms with Crippen LogP contribution in [-0.2, 0) is 9.84 Å². The minimum Gasteiger partial charge on any atom is -0.224 e. The van der Waals surface area contributed by atoms with Crippen LogP contribution in [0.1, 0.15) is 20.3 Å². The Hall–Kier alpha value is -0.570. The molecule has 0 unspecified atom stereocenters. The molecule has 3 heteroatoms. The molecular weight excluding hydrogens is 172 g/mol. The van der Waals surface area contributed by atoms with E-state index in [0.717, 1.165) is 6.42 Å². The van der Waals surface area contributed by atoms with Crippen molar-refractivity contribution >= 4 is 9.84 Å². The fraction of sp³-hybridized carbons (Fsp3) is 0.556. The smallest absolute Gasteiger partial charge is 0.175 e. The normalized spacial score (nSPS) is 22.1. The zero-order valence-corrected chi connectivity index (χ0v) is 8.48. The lowest BCUT2D eigenvalue weighted by Gasteiger charge is -2.21. The van der Waals surface area contributed by atoms with E-state index in [1.165, 1.54) is 6.26 Å².